The first-order valence-electron chi connectivity index (χ1n) is 12.3. The summed E-state index contributed by atoms with van der Waals surface area (Å²) in [4.78, 5) is 0. The molecule has 0 N–H and O–H groups in total. The molecule has 4 heterocycles. The van der Waals surface area contributed by atoms with Crippen LogP contribution < -0.4 is 0 Å². The third kappa shape index (κ3) is 5.09. The number of alkyl halides is 15. The second-order valence-corrected chi connectivity index (χ2v) is 16.5. The van der Waals surface area contributed by atoms with Crippen molar-refractivity contribution in [3.8, 4) is 0 Å². The van der Waals surface area contributed by atoms with E-state index >= 15 is 0 Å². The van der Waals surface area contributed by atoms with Gasteiger partial charge in [0.05, 0.1) is 0 Å². The van der Waals surface area contributed by atoms with Gasteiger partial charge in [0.25, 0.3) is 0 Å². The Kier molecular flexibility index (Phi) is 8.02. The Balaban J connectivity index is 1.68. The molecule has 0 saturated carbocycles. The molecule has 23 heteroatoms. The zero-order valence-electron chi connectivity index (χ0n) is 21.0. The zero-order valence-corrected chi connectivity index (χ0v) is 22.8. The predicted molar refractivity (Wildman–Crippen MR) is 115 cm³/mol. The summed E-state index contributed by atoms with van der Waals surface area (Å²) in [5, 5.41) is 0. The lowest BCUT2D eigenvalue weighted by molar-refractivity contribution is -0.452. The zero-order chi connectivity index (χ0) is 32.2. The summed E-state index contributed by atoms with van der Waals surface area (Å²) in [7, 11) is -7.84. The summed E-state index contributed by atoms with van der Waals surface area (Å²) >= 11 is 0. The van der Waals surface area contributed by atoms with Gasteiger partial charge in [0.1, 0.15) is 0 Å². The fourth-order valence-electron chi connectivity index (χ4n) is 4.61. The first kappa shape index (κ1) is 34.1. The highest BCUT2D eigenvalue weighted by Gasteiger charge is 2.93. The Morgan fingerprint density at radius 2 is 0.833 bits per heavy atom. The number of hydrogen-bond donors (Lipinski definition) is 0. The van der Waals surface area contributed by atoms with E-state index < -0.39 is 81.3 Å². The van der Waals surface area contributed by atoms with Gasteiger partial charge < -0.3 is 0 Å². The van der Waals surface area contributed by atoms with Gasteiger partial charge in [-0.3, -0.25) is 9.13 Å². The van der Waals surface area contributed by atoms with Gasteiger partial charge in [-0.15, -0.1) is 0 Å². The SMILES string of the molecule is O=P(CC[C@@H](CC(F)(F)C(F)(F)C(F)(F)C(F)(F)C(F)(F)C(F)(F)C(F)(F)F)P(=O)(N1CC1)N1CC1)(N1CC1)N1CC1. The van der Waals surface area contributed by atoms with Crippen LogP contribution in [-0.2, 0) is 9.13 Å². The van der Waals surface area contributed by atoms with Crippen LogP contribution in [-0.4, -0.2) is 125 Å². The van der Waals surface area contributed by atoms with Crippen LogP contribution in [0, 0.1) is 0 Å². The van der Waals surface area contributed by atoms with E-state index in [4.69, 9.17) is 0 Å². The van der Waals surface area contributed by atoms with Crippen molar-refractivity contribution in [1.29, 1.82) is 0 Å². The third-order valence-corrected chi connectivity index (χ3v) is 14.7. The van der Waals surface area contributed by atoms with E-state index in [0.717, 1.165) is 9.34 Å². The minimum atomic E-state index is -8.38. The predicted octanol–water partition coefficient (Wildman–Crippen LogP) is 6.16. The molecule has 0 radical (unpaired) electrons. The van der Waals surface area contributed by atoms with Crippen molar-refractivity contribution in [2.75, 3.05) is 58.5 Å². The molecule has 4 fully saturated rings. The van der Waals surface area contributed by atoms with Gasteiger partial charge in [0.2, 0.25) is 14.9 Å². The number of nitrogens with zero attached hydrogens (tertiary/aromatic N) is 4. The molecule has 0 aromatic rings. The van der Waals surface area contributed by atoms with Gasteiger partial charge >= 0.3 is 41.7 Å². The molecular formula is C19H23F15N4O2P2. The Hall–Kier alpha value is -0.750. The van der Waals surface area contributed by atoms with Crippen molar-refractivity contribution in [2.24, 2.45) is 0 Å². The molecule has 0 aromatic heterocycles. The largest absolute Gasteiger partial charge is 0.460 e. The molecule has 0 unspecified atom stereocenters. The summed E-state index contributed by atoms with van der Waals surface area (Å²) in [6.07, 6.45) is -11.8. The van der Waals surface area contributed by atoms with Crippen LogP contribution in [0.25, 0.3) is 0 Å². The molecule has 4 aliphatic rings. The smallest absolute Gasteiger partial charge is 0.289 e. The fraction of sp³-hybridized carbons (Fsp3) is 1.00. The highest BCUT2D eigenvalue weighted by molar-refractivity contribution is 7.61. The van der Waals surface area contributed by atoms with E-state index in [0.29, 0.717) is 26.2 Å². The molecule has 42 heavy (non-hydrogen) atoms. The molecule has 0 aliphatic carbocycles. The lowest BCUT2D eigenvalue weighted by Gasteiger charge is -2.42. The van der Waals surface area contributed by atoms with Crippen molar-refractivity contribution in [3.05, 3.63) is 0 Å². The first-order chi connectivity index (χ1) is 18.7. The molecule has 0 aromatic carbocycles. The monoisotopic (exact) mass is 686 g/mol. The molecule has 4 saturated heterocycles. The molecule has 0 amide bonds. The lowest BCUT2D eigenvalue weighted by atomic mass is 9.89. The Morgan fingerprint density at radius 3 is 1.17 bits per heavy atom. The standard InChI is InChI=1S/C19H23F15N4O2P2/c20-13(21,14(22,23)15(24,25)16(26,27)17(28,29)18(30,31)19(32,33)34)11-12(42(40,37-6-7-37)38-8-9-38)1-10-41(39,35-2-3-35)36-4-5-36/h12H,1-11H2/t12-/m0/s1. The molecule has 246 valence electrons. The van der Waals surface area contributed by atoms with Crippen molar-refractivity contribution < 1.29 is 75.0 Å². The minimum absolute atomic E-state index is 0.0465. The van der Waals surface area contributed by atoms with Crippen LogP contribution in [0.3, 0.4) is 0 Å². The van der Waals surface area contributed by atoms with E-state index in [1.54, 1.807) is 0 Å². The highest BCUT2D eigenvalue weighted by atomic mass is 31.2. The molecular weight excluding hydrogens is 663 g/mol. The molecule has 0 bridgehead atoms. The van der Waals surface area contributed by atoms with Crippen LogP contribution in [0.4, 0.5) is 65.9 Å². The molecule has 6 nitrogen and oxygen atoms in total. The molecule has 0 spiro atoms. The maximum atomic E-state index is 15.0. The minimum Gasteiger partial charge on any atom is -0.289 e. The van der Waals surface area contributed by atoms with Gasteiger partial charge in [-0.2, -0.15) is 65.9 Å². The average Bonchev–Trinajstić information content (AvgIpc) is 3.71. The van der Waals surface area contributed by atoms with Gasteiger partial charge in [-0.05, 0) is 6.42 Å². The average molecular weight is 686 g/mol. The highest BCUT2D eigenvalue weighted by Crippen LogP contribution is 2.70. The summed E-state index contributed by atoms with van der Waals surface area (Å²) in [6.45, 7) is 0.983. The normalized spacial score (nSPS) is 23.3. The van der Waals surface area contributed by atoms with Crippen LogP contribution >= 0.6 is 14.9 Å². The van der Waals surface area contributed by atoms with Crippen LogP contribution in [0.2, 0.25) is 0 Å². The van der Waals surface area contributed by atoms with Crippen molar-refractivity contribution >= 4 is 14.9 Å². The maximum absolute atomic E-state index is 15.0. The van der Waals surface area contributed by atoms with E-state index in [-0.39, 0.29) is 26.2 Å². The van der Waals surface area contributed by atoms with Crippen LogP contribution in [0.15, 0.2) is 0 Å². The van der Waals surface area contributed by atoms with E-state index in [1.165, 1.54) is 9.34 Å². The van der Waals surface area contributed by atoms with Crippen LogP contribution in [0.1, 0.15) is 12.8 Å². The Bertz CT molecular complexity index is 1120. The van der Waals surface area contributed by atoms with E-state index in [9.17, 15) is 75.0 Å². The summed E-state index contributed by atoms with van der Waals surface area (Å²) in [6, 6.07) is 0. The molecule has 4 rings (SSSR count). The van der Waals surface area contributed by atoms with Crippen molar-refractivity contribution in [1.82, 2.24) is 18.7 Å². The summed E-state index contributed by atoms with van der Waals surface area (Å²) in [5.41, 5.74) is -2.28. The maximum Gasteiger partial charge on any atom is 0.460 e. The van der Waals surface area contributed by atoms with Crippen molar-refractivity contribution in [3.63, 3.8) is 0 Å². The second kappa shape index (κ2) is 9.87. The topological polar surface area (TPSA) is 46.2 Å². The Labute approximate surface area is 228 Å². The quantitative estimate of drug-likeness (QED) is 0.117. The van der Waals surface area contributed by atoms with E-state index in [1.807, 2.05) is 0 Å². The van der Waals surface area contributed by atoms with E-state index in [2.05, 4.69) is 0 Å². The second-order valence-electron chi connectivity index (χ2n) is 10.5. The van der Waals surface area contributed by atoms with Gasteiger partial charge in [0.15, 0.2) is 0 Å². The lowest BCUT2D eigenvalue weighted by Crippen LogP contribution is -2.72. The number of rotatable bonds is 15. The number of hydrogen-bond acceptors (Lipinski definition) is 2. The van der Waals surface area contributed by atoms with Crippen LogP contribution in [0.5, 0.6) is 0 Å². The van der Waals surface area contributed by atoms with Crippen molar-refractivity contribution in [2.45, 2.75) is 60.2 Å². The number of halogens is 15. The van der Waals surface area contributed by atoms with Gasteiger partial charge in [-0.25, -0.2) is 18.7 Å². The molecule has 4 aliphatic heterocycles. The summed E-state index contributed by atoms with van der Waals surface area (Å²) < 4.78 is 238. The van der Waals surface area contributed by atoms with Gasteiger partial charge in [-0.1, -0.05) is 0 Å². The fourth-order valence-corrected chi connectivity index (χ4v) is 11.4. The Morgan fingerprint density at radius 1 is 0.500 bits per heavy atom. The molecule has 1 atom stereocenters. The first-order valence-corrected chi connectivity index (χ1v) is 15.8. The third-order valence-electron chi connectivity index (χ3n) is 7.50. The van der Waals surface area contributed by atoms with Gasteiger partial charge in [0, 0.05) is 70.6 Å². The summed E-state index contributed by atoms with van der Waals surface area (Å²) in [5.74, 6) is -47.1.